The van der Waals surface area contributed by atoms with Gasteiger partial charge >= 0.3 is 12.5 Å². The second-order valence-corrected chi connectivity index (χ2v) is 7.44. The van der Waals surface area contributed by atoms with E-state index in [1.54, 1.807) is 24.3 Å². The van der Waals surface area contributed by atoms with E-state index in [0.29, 0.717) is 12.2 Å². The number of hydrogen-bond acceptors (Lipinski definition) is 4. The van der Waals surface area contributed by atoms with Crippen molar-refractivity contribution in [3.63, 3.8) is 0 Å². The molecular formula is C23H21F3N2O5. The van der Waals surface area contributed by atoms with Crippen LogP contribution in [0.25, 0.3) is 0 Å². The molecule has 2 aromatic carbocycles. The molecule has 1 aliphatic heterocycles. The van der Waals surface area contributed by atoms with E-state index in [2.05, 4.69) is 16.0 Å². The Bertz CT molecular complexity index is 1020. The Labute approximate surface area is 188 Å². The quantitative estimate of drug-likeness (QED) is 0.625. The summed E-state index contributed by atoms with van der Waals surface area (Å²) < 4.78 is 46.0. The van der Waals surface area contributed by atoms with Crippen LogP contribution in [0.2, 0.25) is 0 Å². The van der Waals surface area contributed by atoms with Gasteiger partial charge in [-0.15, -0.1) is 19.6 Å². The molecule has 174 valence electrons. The monoisotopic (exact) mass is 462 g/mol. The zero-order valence-corrected chi connectivity index (χ0v) is 17.3. The number of carbonyl (C=O) groups is 2. The Hall–Kier alpha value is -3.87. The number of nitrogens with one attached hydrogen (secondary N) is 1. The molecule has 33 heavy (non-hydrogen) atoms. The number of nitrogens with zero attached hydrogens (tertiary/aromatic N) is 1. The summed E-state index contributed by atoms with van der Waals surface area (Å²) in [5.74, 6) is 1.23. The summed E-state index contributed by atoms with van der Waals surface area (Å²) >= 11 is 0. The summed E-state index contributed by atoms with van der Waals surface area (Å²) in [5.41, 5.74) is 1.12. The van der Waals surface area contributed by atoms with Crippen molar-refractivity contribution in [1.29, 1.82) is 0 Å². The summed E-state index contributed by atoms with van der Waals surface area (Å²) in [7, 11) is 0. The molecule has 1 heterocycles. The van der Waals surface area contributed by atoms with Gasteiger partial charge in [-0.3, -0.25) is 4.79 Å². The molecule has 0 aliphatic carbocycles. The summed E-state index contributed by atoms with van der Waals surface area (Å²) in [4.78, 5) is 25.6. The minimum absolute atomic E-state index is 0.0102. The van der Waals surface area contributed by atoms with E-state index in [-0.39, 0.29) is 31.3 Å². The van der Waals surface area contributed by atoms with Crippen LogP contribution in [0.3, 0.4) is 0 Å². The molecule has 2 aromatic rings. The molecular weight excluding hydrogens is 441 g/mol. The number of carbonyl (C=O) groups excluding carboxylic acids is 1. The normalized spacial score (nSPS) is 18.2. The van der Waals surface area contributed by atoms with Crippen molar-refractivity contribution in [1.82, 2.24) is 4.90 Å². The molecule has 0 radical (unpaired) electrons. The lowest BCUT2D eigenvalue weighted by molar-refractivity contribution is -0.274. The van der Waals surface area contributed by atoms with E-state index in [1.807, 2.05) is 0 Å². The minimum Gasteiger partial charge on any atom is -0.481 e. The number of halogens is 3. The fourth-order valence-corrected chi connectivity index (χ4v) is 3.63. The maximum absolute atomic E-state index is 12.8. The number of benzene rings is 2. The van der Waals surface area contributed by atoms with Gasteiger partial charge in [-0.2, -0.15) is 0 Å². The molecule has 0 bridgehead atoms. The molecule has 2 N–H and O–H groups in total. The lowest BCUT2D eigenvalue weighted by Crippen LogP contribution is -2.46. The number of hydrogen-bond donors (Lipinski definition) is 2. The second kappa shape index (κ2) is 10.2. The van der Waals surface area contributed by atoms with Crippen molar-refractivity contribution in [2.24, 2.45) is 5.92 Å². The topological polar surface area (TPSA) is 88.1 Å². The van der Waals surface area contributed by atoms with Gasteiger partial charge in [0.15, 0.2) is 0 Å². The standard InChI is InChI=1S/C23H21F3N2O5/c1-2-11-32-19-7-3-15(4-8-19)16-12-17(14-28(13-16)22(30)31)21(29)27-18-5-9-20(10-6-18)33-23(24,25)26/h1,3-10,16-17H,11-14H2,(H,27,29)(H,30,31)/t16-,17-/m0/s1. The molecule has 1 aliphatic rings. The van der Waals surface area contributed by atoms with Crippen molar-refractivity contribution in [3.05, 3.63) is 54.1 Å². The summed E-state index contributed by atoms with van der Waals surface area (Å²) in [6.45, 7) is 0.366. The number of terminal acetylenes is 1. The average Bonchev–Trinajstić information content (AvgIpc) is 2.78. The summed E-state index contributed by atoms with van der Waals surface area (Å²) in [5, 5.41) is 12.1. The Morgan fingerprint density at radius 3 is 2.30 bits per heavy atom. The second-order valence-electron chi connectivity index (χ2n) is 7.44. The highest BCUT2D eigenvalue weighted by Crippen LogP contribution is 2.32. The molecule has 7 nitrogen and oxygen atoms in total. The summed E-state index contributed by atoms with van der Waals surface area (Å²) in [6.07, 6.45) is -0.380. The third-order valence-corrected chi connectivity index (χ3v) is 5.12. The molecule has 2 atom stereocenters. The number of anilines is 1. The highest BCUT2D eigenvalue weighted by Gasteiger charge is 2.35. The van der Waals surface area contributed by atoms with Crippen LogP contribution in [0.4, 0.5) is 23.7 Å². The summed E-state index contributed by atoms with van der Waals surface area (Å²) in [6, 6.07) is 11.8. The molecule has 1 saturated heterocycles. The van der Waals surface area contributed by atoms with Gasteiger partial charge in [-0.1, -0.05) is 18.1 Å². The molecule has 0 spiro atoms. The fraction of sp³-hybridized carbons (Fsp3) is 0.304. The van der Waals surface area contributed by atoms with E-state index in [9.17, 15) is 27.9 Å². The number of rotatable bonds is 6. The van der Waals surface area contributed by atoms with Crippen LogP contribution in [0, 0.1) is 18.3 Å². The van der Waals surface area contributed by atoms with E-state index >= 15 is 0 Å². The first-order valence-corrected chi connectivity index (χ1v) is 9.95. The van der Waals surface area contributed by atoms with Crippen molar-refractivity contribution >= 4 is 17.7 Å². The number of piperidine rings is 1. The van der Waals surface area contributed by atoms with Gasteiger partial charge in [-0.05, 0) is 48.4 Å². The molecule has 0 aromatic heterocycles. The highest BCUT2D eigenvalue weighted by molar-refractivity contribution is 5.93. The molecule has 1 fully saturated rings. The smallest absolute Gasteiger partial charge is 0.481 e. The number of ether oxygens (including phenoxy) is 2. The largest absolute Gasteiger partial charge is 0.573 e. The molecule has 0 saturated carbocycles. The van der Waals surface area contributed by atoms with Crippen molar-refractivity contribution in [3.8, 4) is 23.8 Å². The van der Waals surface area contributed by atoms with Gasteiger partial charge in [0.25, 0.3) is 0 Å². The Balaban J connectivity index is 1.69. The van der Waals surface area contributed by atoms with Gasteiger partial charge < -0.3 is 24.8 Å². The van der Waals surface area contributed by atoms with Gasteiger partial charge in [0.05, 0.1) is 5.92 Å². The Morgan fingerprint density at radius 1 is 1.09 bits per heavy atom. The van der Waals surface area contributed by atoms with E-state index in [0.717, 1.165) is 17.7 Å². The Morgan fingerprint density at radius 2 is 1.73 bits per heavy atom. The zero-order chi connectivity index (χ0) is 24.0. The predicted molar refractivity (Wildman–Crippen MR) is 113 cm³/mol. The minimum atomic E-state index is -4.81. The van der Waals surface area contributed by atoms with Crippen molar-refractivity contribution in [2.75, 3.05) is 25.0 Å². The van der Waals surface area contributed by atoms with E-state index in [1.165, 1.54) is 17.0 Å². The number of alkyl halides is 3. The Kier molecular flexibility index (Phi) is 7.33. The highest BCUT2D eigenvalue weighted by atomic mass is 19.4. The SMILES string of the molecule is C#CCOc1ccc([C@H]2C[C@H](C(=O)Nc3ccc(OC(F)(F)F)cc3)CN(C(=O)O)C2)cc1. The fourth-order valence-electron chi connectivity index (χ4n) is 3.63. The maximum atomic E-state index is 12.8. The van der Waals surface area contributed by atoms with Crippen LogP contribution in [0.5, 0.6) is 11.5 Å². The van der Waals surface area contributed by atoms with Crippen LogP contribution in [-0.4, -0.2) is 48.1 Å². The molecule has 2 amide bonds. The average molecular weight is 462 g/mol. The van der Waals surface area contributed by atoms with Gasteiger partial charge in [0.2, 0.25) is 5.91 Å². The van der Waals surface area contributed by atoms with Gasteiger partial charge in [0.1, 0.15) is 18.1 Å². The van der Waals surface area contributed by atoms with Crippen LogP contribution in [-0.2, 0) is 4.79 Å². The molecule has 0 unspecified atom stereocenters. The van der Waals surface area contributed by atoms with E-state index < -0.39 is 30.0 Å². The third-order valence-electron chi connectivity index (χ3n) is 5.12. The zero-order valence-electron chi connectivity index (χ0n) is 17.3. The maximum Gasteiger partial charge on any atom is 0.573 e. The van der Waals surface area contributed by atoms with Crippen LogP contribution >= 0.6 is 0 Å². The van der Waals surface area contributed by atoms with Crippen LogP contribution in [0.1, 0.15) is 17.9 Å². The third kappa shape index (κ3) is 6.80. The van der Waals surface area contributed by atoms with Gasteiger partial charge in [-0.25, -0.2) is 4.79 Å². The van der Waals surface area contributed by atoms with Gasteiger partial charge in [0, 0.05) is 24.7 Å². The molecule has 3 rings (SSSR count). The number of likely N-dealkylation sites (tertiary alicyclic amines) is 1. The van der Waals surface area contributed by atoms with Crippen LogP contribution < -0.4 is 14.8 Å². The van der Waals surface area contributed by atoms with Crippen molar-refractivity contribution < 1.29 is 37.3 Å². The lowest BCUT2D eigenvalue weighted by Gasteiger charge is -2.36. The number of carboxylic acid groups (broad SMARTS) is 1. The number of amides is 2. The first kappa shape index (κ1) is 23.8. The molecule has 10 heteroatoms. The first-order valence-electron chi connectivity index (χ1n) is 9.95. The van der Waals surface area contributed by atoms with E-state index in [4.69, 9.17) is 11.2 Å². The van der Waals surface area contributed by atoms with Crippen molar-refractivity contribution in [2.45, 2.75) is 18.7 Å². The predicted octanol–water partition coefficient (Wildman–Crippen LogP) is 4.32. The first-order chi connectivity index (χ1) is 15.6. The lowest BCUT2D eigenvalue weighted by atomic mass is 9.84. The van der Waals surface area contributed by atoms with Crippen LogP contribution in [0.15, 0.2) is 48.5 Å².